The first kappa shape index (κ1) is 20.5. The smallest absolute Gasteiger partial charge is 0.191 e. The van der Waals surface area contributed by atoms with Crippen molar-refractivity contribution in [1.82, 2.24) is 20.6 Å². The van der Waals surface area contributed by atoms with Crippen LogP contribution in [0.15, 0.2) is 47.5 Å². The normalized spacial score (nSPS) is 11.5. The molecule has 0 fully saturated rings. The maximum Gasteiger partial charge on any atom is 0.191 e. The molecule has 7 heteroatoms. The number of aromatic nitrogens is 2. The summed E-state index contributed by atoms with van der Waals surface area (Å²) in [7, 11) is 3.27. The van der Waals surface area contributed by atoms with Crippen LogP contribution < -0.4 is 20.1 Å². The molecule has 0 aliphatic rings. The number of aromatic amines is 1. The Morgan fingerprint density at radius 1 is 1.07 bits per heavy atom. The Morgan fingerprint density at radius 2 is 1.90 bits per heavy atom. The van der Waals surface area contributed by atoms with Gasteiger partial charge in [-0.15, -0.1) is 0 Å². The van der Waals surface area contributed by atoms with Crippen molar-refractivity contribution in [3.8, 4) is 11.5 Å². The molecule has 2 aromatic carbocycles. The average molecular weight is 396 g/mol. The summed E-state index contributed by atoms with van der Waals surface area (Å²) in [5.74, 6) is 3.24. The van der Waals surface area contributed by atoms with Gasteiger partial charge >= 0.3 is 0 Å². The highest BCUT2D eigenvalue weighted by molar-refractivity contribution is 5.79. The third-order valence-corrected chi connectivity index (χ3v) is 4.53. The molecule has 0 saturated carbocycles. The maximum absolute atomic E-state index is 5.36. The Labute approximate surface area is 171 Å². The van der Waals surface area contributed by atoms with Crippen LogP contribution in [0, 0.1) is 0 Å². The predicted molar refractivity (Wildman–Crippen MR) is 117 cm³/mol. The van der Waals surface area contributed by atoms with Crippen molar-refractivity contribution in [2.45, 2.75) is 26.3 Å². The van der Waals surface area contributed by atoms with E-state index in [1.807, 2.05) is 42.5 Å². The molecule has 29 heavy (non-hydrogen) atoms. The molecule has 0 saturated heterocycles. The number of fused-ring (bicyclic) bond motifs is 1. The van der Waals surface area contributed by atoms with Gasteiger partial charge in [0.05, 0.1) is 31.8 Å². The number of methoxy groups -OCH3 is 2. The number of para-hydroxylation sites is 2. The molecule has 3 N–H and O–H groups in total. The van der Waals surface area contributed by atoms with Crippen LogP contribution >= 0.6 is 0 Å². The number of aliphatic imine (C=N–C) groups is 1. The molecule has 3 rings (SSSR count). The fourth-order valence-electron chi connectivity index (χ4n) is 3.08. The van der Waals surface area contributed by atoms with Crippen molar-refractivity contribution in [1.29, 1.82) is 0 Å². The Hall–Kier alpha value is -3.22. The van der Waals surface area contributed by atoms with E-state index in [4.69, 9.17) is 9.47 Å². The number of imidazole rings is 1. The van der Waals surface area contributed by atoms with Gasteiger partial charge in [0.15, 0.2) is 17.5 Å². The van der Waals surface area contributed by atoms with Crippen LogP contribution in [0.3, 0.4) is 0 Å². The maximum atomic E-state index is 5.36. The molecule has 0 bridgehead atoms. The molecule has 1 heterocycles. The van der Waals surface area contributed by atoms with E-state index in [1.54, 1.807) is 14.2 Å². The zero-order valence-electron chi connectivity index (χ0n) is 17.3. The quantitative estimate of drug-likeness (QED) is 0.294. The van der Waals surface area contributed by atoms with Crippen LogP contribution in [-0.2, 0) is 13.0 Å². The second-order valence-electron chi connectivity index (χ2n) is 6.62. The van der Waals surface area contributed by atoms with E-state index in [-0.39, 0.29) is 0 Å². The van der Waals surface area contributed by atoms with Gasteiger partial charge in [-0.3, -0.25) is 0 Å². The van der Waals surface area contributed by atoms with Gasteiger partial charge in [0.2, 0.25) is 0 Å². The Kier molecular flexibility index (Phi) is 7.33. The molecule has 0 amide bonds. The first-order valence-corrected chi connectivity index (χ1v) is 9.90. The van der Waals surface area contributed by atoms with E-state index < -0.39 is 0 Å². The van der Waals surface area contributed by atoms with Crippen LogP contribution in [0.25, 0.3) is 11.0 Å². The molecular weight excluding hydrogens is 366 g/mol. The largest absolute Gasteiger partial charge is 0.493 e. The van der Waals surface area contributed by atoms with Gasteiger partial charge in [0.1, 0.15) is 5.82 Å². The number of guanidine groups is 1. The molecular formula is C22H29N5O2. The van der Waals surface area contributed by atoms with Crippen molar-refractivity contribution in [2.75, 3.05) is 27.3 Å². The monoisotopic (exact) mass is 395 g/mol. The van der Waals surface area contributed by atoms with E-state index in [0.717, 1.165) is 60.1 Å². The lowest BCUT2D eigenvalue weighted by atomic mass is 10.2. The van der Waals surface area contributed by atoms with Crippen molar-refractivity contribution >= 4 is 17.0 Å². The van der Waals surface area contributed by atoms with Gasteiger partial charge in [0.25, 0.3) is 0 Å². The summed E-state index contributed by atoms with van der Waals surface area (Å²) in [6, 6.07) is 13.9. The molecule has 1 aromatic heterocycles. The lowest BCUT2D eigenvalue weighted by Gasteiger charge is -2.12. The van der Waals surface area contributed by atoms with Gasteiger partial charge in [-0.2, -0.15) is 0 Å². The highest BCUT2D eigenvalue weighted by Crippen LogP contribution is 2.27. The number of ether oxygens (including phenoxy) is 2. The van der Waals surface area contributed by atoms with E-state index in [0.29, 0.717) is 12.3 Å². The lowest BCUT2D eigenvalue weighted by Crippen LogP contribution is -2.37. The first-order chi connectivity index (χ1) is 14.2. The number of benzene rings is 2. The van der Waals surface area contributed by atoms with Crippen LogP contribution in [0.2, 0.25) is 0 Å². The summed E-state index contributed by atoms with van der Waals surface area (Å²) >= 11 is 0. The minimum atomic E-state index is 0.555. The summed E-state index contributed by atoms with van der Waals surface area (Å²) in [5.41, 5.74) is 3.16. The summed E-state index contributed by atoms with van der Waals surface area (Å²) in [5, 5.41) is 6.67. The third kappa shape index (κ3) is 5.63. The molecule has 0 unspecified atom stereocenters. The van der Waals surface area contributed by atoms with Gasteiger partial charge in [-0.05, 0) is 43.2 Å². The highest BCUT2D eigenvalue weighted by atomic mass is 16.5. The second kappa shape index (κ2) is 10.4. The number of nitrogens with one attached hydrogen (secondary N) is 3. The highest BCUT2D eigenvalue weighted by Gasteiger charge is 2.05. The van der Waals surface area contributed by atoms with Crippen molar-refractivity contribution in [2.24, 2.45) is 4.99 Å². The van der Waals surface area contributed by atoms with E-state index in [9.17, 15) is 0 Å². The molecule has 3 aromatic rings. The van der Waals surface area contributed by atoms with Crippen molar-refractivity contribution < 1.29 is 9.47 Å². The van der Waals surface area contributed by atoms with Crippen molar-refractivity contribution in [3.63, 3.8) is 0 Å². The Morgan fingerprint density at radius 3 is 2.66 bits per heavy atom. The fraction of sp³-hybridized carbons (Fsp3) is 0.364. The van der Waals surface area contributed by atoms with E-state index in [1.165, 1.54) is 0 Å². The summed E-state index contributed by atoms with van der Waals surface area (Å²) in [6.07, 6.45) is 1.84. The zero-order valence-corrected chi connectivity index (χ0v) is 17.3. The van der Waals surface area contributed by atoms with Gasteiger partial charge in [-0.25, -0.2) is 9.98 Å². The minimum absolute atomic E-state index is 0.555. The van der Waals surface area contributed by atoms with Gasteiger partial charge in [0, 0.05) is 19.5 Å². The molecule has 0 radical (unpaired) electrons. The van der Waals surface area contributed by atoms with Crippen LogP contribution in [0.1, 0.15) is 24.7 Å². The van der Waals surface area contributed by atoms with Crippen LogP contribution in [0.5, 0.6) is 11.5 Å². The lowest BCUT2D eigenvalue weighted by molar-refractivity contribution is 0.354. The number of H-pyrrole nitrogens is 1. The third-order valence-electron chi connectivity index (χ3n) is 4.53. The molecule has 0 aliphatic carbocycles. The fourth-order valence-corrected chi connectivity index (χ4v) is 3.08. The topological polar surface area (TPSA) is 83.6 Å². The van der Waals surface area contributed by atoms with E-state index in [2.05, 4.69) is 32.5 Å². The summed E-state index contributed by atoms with van der Waals surface area (Å²) in [6.45, 7) is 4.23. The number of hydrogen-bond donors (Lipinski definition) is 3. The van der Waals surface area contributed by atoms with Gasteiger partial charge in [-0.1, -0.05) is 18.2 Å². The number of aryl methyl sites for hydroxylation is 1. The van der Waals surface area contributed by atoms with Crippen LogP contribution in [0.4, 0.5) is 0 Å². The second-order valence-corrected chi connectivity index (χ2v) is 6.62. The summed E-state index contributed by atoms with van der Waals surface area (Å²) < 4.78 is 10.6. The predicted octanol–water partition coefficient (Wildman–Crippen LogP) is 3.27. The van der Waals surface area contributed by atoms with Crippen molar-refractivity contribution in [3.05, 3.63) is 53.9 Å². The van der Waals surface area contributed by atoms with Crippen LogP contribution in [-0.4, -0.2) is 43.2 Å². The zero-order chi connectivity index (χ0) is 20.5. The SMILES string of the molecule is CCNC(=NCc1ccc(OC)c(OC)c1)NCCCc1nc2ccccc2[nH]1. The molecule has 0 aliphatic heterocycles. The minimum Gasteiger partial charge on any atom is -0.493 e. The van der Waals surface area contributed by atoms with E-state index >= 15 is 0 Å². The Balaban J connectivity index is 1.52. The number of rotatable bonds is 9. The molecule has 154 valence electrons. The molecule has 0 spiro atoms. The average Bonchev–Trinajstić information content (AvgIpc) is 3.17. The van der Waals surface area contributed by atoms with Gasteiger partial charge < -0.3 is 25.1 Å². The first-order valence-electron chi connectivity index (χ1n) is 9.90. The standard InChI is InChI=1S/C22H29N5O2/c1-4-23-22(25-15-16-11-12-19(28-2)20(14-16)29-3)24-13-7-10-21-26-17-8-5-6-9-18(17)27-21/h5-6,8-9,11-12,14H,4,7,10,13,15H2,1-3H3,(H,26,27)(H2,23,24,25). The summed E-state index contributed by atoms with van der Waals surface area (Å²) in [4.78, 5) is 12.7. The number of hydrogen-bond acceptors (Lipinski definition) is 4. The Bertz CT molecular complexity index is 918. The molecule has 0 atom stereocenters. The number of nitrogens with zero attached hydrogens (tertiary/aromatic N) is 2. The molecule has 7 nitrogen and oxygen atoms in total.